The van der Waals surface area contributed by atoms with E-state index in [-0.39, 0.29) is 26.7 Å². The SMILES string of the molecule is O=[N+]([O-])N1C[O+]2CC3OC1[O+]1COC2N([N+](=O)[O-])C3C1. The van der Waals surface area contributed by atoms with Gasteiger partial charge in [0.1, 0.15) is 0 Å². The summed E-state index contributed by atoms with van der Waals surface area (Å²) >= 11 is 0. The topological polar surface area (TPSA) is 117 Å². The molecule has 4 aliphatic heterocycles. The quantitative estimate of drug-likeness (QED) is 0.339. The average molecular weight is 292 g/mol. The van der Waals surface area contributed by atoms with Crippen LogP contribution in [0.1, 0.15) is 0 Å². The van der Waals surface area contributed by atoms with Crippen molar-refractivity contribution in [3.05, 3.63) is 20.2 Å². The molecule has 0 aromatic rings. The van der Waals surface area contributed by atoms with Crippen LogP contribution in [0.4, 0.5) is 0 Å². The number of hydrogen-bond donors (Lipinski definition) is 0. The molecule has 4 heterocycles. The summed E-state index contributed by atoms with van der Waals surface area (Å²) in [5.41, 5.74) is 0. The van der Waals surface area contributed by atoms with Gasteiger partial charge < -0.3 is 8.73 Å². The van der Waals surface area contributed by atoms with Gasteiger partial charge in [-0.1, -0.05) is 0 Å². The van der Waals surface area contributed by atoms with Crippen molar-refractivity contribution in [1.82, 2.24) is 10.0 Å². The Hall–Kier alpha value is -1.76. The molecule has 4 saturated heterocycles. The maximum Gasteiger partial charge on any atom is 0.416 e. The van der Waals surface area contributed by atoms with Crippen LogP contribution >= 0.6 is 0 Å². The van der Waals surface area contributed by atoms with Crippen LogP contribution in [0.25, 0.3) is 0 Å². The van der Waals surface area contributed by atoms with Gasteiger partial charge >= 0.3 is 12.8 Å². The highest BCUT2D eigenvalue weighted by atomic mass is 17.0. The minimum atomic E-state index is -1.01. The molecule has 0 radical (unpaired) electrons. The van der Waals surface area contributed by atoms with E-state index in [1.54, 1.807) is 0 Å². The molecule has 6 bridgehead atoms. The van der Waals surface area contributed by atoms with E-state index in [1.807, 2.05) is 0 Å². The summed E-state index contributed by atoms with van der Waals surface area (Å²) in [6.07, 6.45) is -2.45. The Labute approximate surface area is 111 Å². The van der Waals surface area contributed by atoms with Crippen LogP contribution < -0.4 is 0 Å². The largest absolute Gasteiger partial charge is 0.416 e. The van der Waals surface area contributed by atoms with E-state index in [9.17, 15) is 20.2 Å². The lowest BCUT2D eigenvalue weighted by molar-refractivity contribution is -0.732. The number of ether oxygens (including phenoxy) is 2. The van der Waals surface area contributed by atoms with E-state index >= 15 is 0 Å². The molecule has 4 aliphatic rings. The van der Waals surface area contributed by atoms with E-state index < -0.39 is 35.0 Å². The van der Waals surface area contributed by atoms with Gasteiger partial charge in [0.05, 0.1) is 0 Å². The van der Waals surface area contributed by atoms with Crippen molar-refractivity contribution in [2.75, 3.05) is 26.7 Å². The second-order valence-corrected chi connectivity index (χ2v) is 4.97. The number of fused-ring (bicyclic) bond motifs is 6. The first-order valence-corrected chi connectivity index (χ1v) is 5.99. The van der Waals surface area contributed by atoms with Crippen molar-refractivity contribution in [1.29, 1.82) is 0 Å². The van der Waals surface area contributed by atoms with Crippen LogP contribution in [0.2, 0.25) is 0 Å². The summed E-state index contributed by atoms with van der Waals surface area (Å²) in [5.74, 6) is 0. The van der Waals surface area contributed by atoms with Gasteiger partial charge in [0.25, 0.3) is 13.5 Å². The summed E-state index contributed by atoms with van der Waals surface area (Å²) in [5, 5.41) is 23.1. The highest BCUT2D eigenvalue weighted by Gasteiger charge is 2.68. The van der Waals surface area contributed by atoms with Crippen LogP contribution in [-0.4, -0.2) is 71.8 Å². The maximum atomic E-state index is 11.3. The lowest BCUT2D eigenvalue weighted by Crippen LogP contribution is -2.65. The number of hydrazine groups is 2. The van der Waals surface area contributed by atoms with Crippen molar-refractivity contribution in [2.24, 2.45) is 0 Å². The minimum Gasteiger partial charge on any atom is -0.354 e. The van der Waals surface area contributed by atoms with E-state index in [1.165, 1.54) is 0 Å². The molecule has 0 saturated carbocycles. The molecule has 0 amide bonds. The molecular formula is C8H12N4O8+2. The zero-order chi connectivity index (χ0) is 14.0. The average Bonchev–Trinajstić information content (AvgIpc) is 2.53. The molecule has 12 nitrogen and oxygen atoms in total. The molecule has 0 N–H and O–H groups in total. The van der Waals surface area contributed by atoms with Gasteiger partial charge in [-0.2, -0.15) is 0 Å². The van der Waals surface area contributed by atoms with Crippen molar-refractivity contribution in [2.45, 2.75) is 25.0 Å². The van der Waals surface area contributed by atoms with Crippen molar-refractivity contribution in [3.8, 4) is 0 Å². The van der Waals surface area contributed by atoms with Gasteiger partial charge in [-0.25, -0.2) is 25.0 Å². The van der Waals surface area contributed by atoms with Gasteiger partial charge in [0, 0.05) is 5.01 Å². The highest BCUT2D eigenvalue weighted by molar-refractivity contribution is 4.88. The highest BCUT2D eigenvalue weighted by Crippen LogP contribution is 2.40. The second kappa shape index (κ2) is 3.88. The summed E-state index contributed by atoms with van der Waals surface area (Å²) in [6.45, 7) is 0.274. The molecule has 4 atom stereocenters. The van der Waals surface area contributed by atoms with Gasteiger partial charge in [0.15, 0.2) is 29.4 Å². The number of nitrogens with zero attached hydrogens (tertiary/aromatic N) is 4. The Morgan fingerprint density at radius 2 is 1.90 bits per heavy atom. The first-order valence-electron chi connectivity index (χ1n) is 5.99. The van der Waals surface area contributed by atoms with Crippen molar-refractivity contribution >= 4 is 0 Å². The smallest absolute Gasteiger partial charge is 0.354 e. The first-order chi connectivity index (χ1) is 9.56. The van der Waals surface area contributed by atoms with E-state index in [4.69, 9.17) is 9.47 Å². The molecule has 20 heavy (non-hydrogen) atoms. The van der Waals surface area contributed by atoms with Gasteiger partial charge in [-0.3, -0.25) is 4.74 Å². The van der Waals surface area contributed by atoms with E-state index in [0.717, 1.165) is 10.0 Å². The number of hydrogen-bond acceptors (Lipinski definition) is 6. The Morgan fingerprint density at radius 1 is 1.10 bits per heavy atom. The molecule has 110 valence electrons. The molecular weight excluding hydrogens is 280 g/mol. The van der Waals surface area contributed by atoms with Gasteiger partial charge in [-0.05, 0) is 5.01 Å². The third-order valence-electron chi connectivity index (χ3n) is 3.91. The van der Waals surface area contributed by atoms with Crippen LogP contribution in [0, 0.1) is 20.2 Å². The zero-order valence-corrected chi connectivity index (χ0v) is 10.2. The Bertz CT molecular complexity index is 469. The summed E-state index contributed by atoms with van der Waals surface area (Å²) in [7, 11) is 0. The molecule has 4 rings (SSSR count). The Balaban J connectivity index is 1.80. The molecule has 4 fully saturated rings. The van der Waals surface area contributed by atoms with E-state index in [2.05, 4.69) is 8.73 Å². The lowest BCUT2D eigenvalue weighted by Gasteiger charge is -2.37. The summed E-state index contributed by atoms with van der Waals surface area (Å²) < 4.78 is 16.1. The predicted molar refractivity (Wildman–Crippen MR) is 56.6 cm³/mol. The second-order valence-electron chi connectivity index (χ2n) is 4.97. The number of rotatable bonds is 2. The maximum absolute atomic E-state index is 11.3. The fraction of sp³-hybridized carbons (Fsp3) is 1.00. The molecule has 4 unspecified atom stereocenters. The minimum absolute atomic E-state index is 0.0449. The lowest BCUT2D eigenvalue weighted by atomic mass is 10.1. The first kappa shape index (κ1) is 12.0. The summed E-state index contributed by atoms with van der Waals surface area (Å²) in [6, 6.07) is -0.519. The third kappa shape index (κ3) is 1.44. The molecule has 12 heteroatoms. The Morgan fingerprint density at radius 3 is 2.60 bits per heavy atom. The van der Waals surface area contributed by atoms with Crippen LogP contribution in [0.15, 0.2) is 0 Å². The predicted octanol–water partition coefficient (Wildman–Crippen LogP) is -1.61. The third-order valence-corrected chi connectivity index (χ3v) is 3.91. The normalized spacial score (nSPS) is 40.0. The molecule has 0 aliphatic carbocycles. The molecule has 0 spiro atoms. The van der Waals surface area contributed by atoms with Gasteiger partial charge in [-0.15, -0.1) is 0 Å². The number of nitro groups is 2. The van der Waals surface area contributed by atoms with Crippen LogP contribution in [0.3, 0.4) is 0 Å². The fourth-order valence-electron chi connectivity index (χ4n) is 3.06. The molecule has 0 aromatic carbocycles. The summed E-state index contributed by atoms with van der Waals surface area (Å²) in [4.78, 5) is 22.4. The Kier molecular flexibility index (Phi) is 2.33. The van der Waals surface area contributed by atoms with E-state index in [0.29, 0.717) is 0 Å². The van der Waals surface area contributed by atoms with Crippen molar-refractivity contribution in [3.63, 3.8) is 0 Å². The van der Waals surface area contributed by atoms with Crippen LogP contribution in [-0.2, 0) is 18.2 Å². The van der Waals surface area contributed by atoms with Crippen LogP contribution in [0.5, 0.6) is 0 Å². The zero-order valence-electron chi connectivity index (χ0n) is 10.2. The molecule has 0 aromatic heterocycles. The van der Waals surface area contributed by atoms with Crippen molar-refractivity contribution < 1.29 is 28.3 Å². The monoisotopic (exact) mass is 292 g/mol. The fourth-order valence-corrected chi connectivity index (χ4v) is 3.06. The van der Waals surface area contributed by atoms with Gasteiger partial charge in [0.2, 0.25) is 6.04 Å². The standard InChI is InChI=1S/C8H12N4O8/c13-11(14)9-3-19-2-6-5-1-20(7(9)18-6)4-17-8(19)10(5)12(15)16/h5-8H,1-4H2/q+2.